The Kier molecular flexibility index (Phi) is 7.96. The highest BCUT2D eigenvalue weighted by Gasteiger charge is 2.35. The Morgan fingerprint density at radius 1 is 1.18 bits per heavy atom. The number of benzene rings is 1. The average molecular weight is 529 g/mol. The molecular formula is C25H27F3N8O2. The number of likely N-dealkylation sites (tertiary alicyclic amines) is 1. The van der Waals surface area contributed by atoms with Gasteiger partial charge in [0.2, 0.25) is 17.7 Å². The van der Waals surface area contributed by atoms with Crippen molar-refractivity contribution < 1.29 is 22.7 Å². The Hall–Kier alpha value is -4.39. The zero-order valence-corrected chi connectivity index (χ0v) is 20.8. The van der Waals surface area contributed by atoms with Crippen molar-refractivity contribution in [1.82, 2.24) is 19.9 Å². The summed E-state index contributed by atoms with van der Waals surface area (Å²) in [6.45, 7) is 5.26. The lowest BCUT2D eigenvalue weighted by molar-refractivity contribution is -0.137. The fourth-order valence-corrected chi connectivity index (χ4v) is 3.90. The molecule has 1 atom stereocenters. The van der Waals surface area contributed by atoms with E-state index in [-0.39, 0.29) is 23.6 Å². The molecule has 3 aromatic rings. The maximum Gasteiger partial charge on any atom is 0.421 e. The molecule has 0 aliphatic carbocycles. The van der Waals surface area contributed by atoms with Gasteiger partial charge in [-0.3, -0.25) is 4.79 Å². The molecule has 1 amide bonds. The van der Waals surface area contributed by atoms with E-state index in [0.717, 1.165) is 25.6 Å². The van der Waals surface area contributed by atoms with Crippen molar-refractivity contribution in [3.63, 3.8) is 0 Å². The normalized spacial score (nSPS) is 15.6. The van der Waals surface area contributed by atoms with Crippen LogP contribution in [0.5, 0.6) is 5.88 Å². The maximum atomic E-state index is 13.7. The molecule has 1 aliphatic rings. The third-order valence-corrected chi connectivity index (χ3v) is 5.72. The van der Waals surface area contributed by atoms with Crippen LogP contribution in [0.15, 0.2) is 55.3 Å². The molecule has 13 heteroatoms. The second-order valence-electron chi connectivity index (χ2n) is 8.62. The van der Waals surface area contributed by atoms with Gasteiger partial charge in [-0.2, -0.15) is 23.1 Å². The van der Waals surface area contributed by atoms with Crippen LogP contribution in [-0.4, -0.2) is 59.0 Å². The average Bonchev–Trinajstić information content (AvgIpc) is 3.28. The number of hydrogen-bond donors (Lipinski definition) is 4. The van der Waals surface area contributed by atoms with Crippen molar-refractivity contribution in [3.8, 4) is 5.88 Å². The highest BCUT2D eigenvalue weighted by Crippen LogP contribution is 2.36. The first-order chi connectivity index (χ1) is 18.1. The van der Waals surface area contributed by atoms with Gasteiger partial charge >= 0.3 is 6.18 Å². The summed E-state index contributed by atoms with van der Waals surface area (Å²) in [6, 6.07) is 9.86. The summed E-state index contributed by atoms with van der Waals surface area (Å²) in [5.74, 6) is -0.185. The highest BCUT2D eigenvalue weighted by atomic mass is 19.4. The quantitative estimate of drug-likeness (QED) is 0.295. The minimum atomic E-state index is -4.71. The van der Waals surface area contributed by atoms with E-state index >= 15 is 0 Å². The van der Waals surface area contributed by atoms with Crippen LogP contribution in [0, 0.1) is 0 Å². The van der Waals surface area contributed by atoms with Crippen LogP contribution < -0.4 is 26.0 Å². The number of alkyl halides is 3. The van der Waals surface area contributed by atoms with E-state index in [4.69, 9.17) is 4.74 Å². The van der Waals surface area contributed by atoms with Crippen molar-refractivity contribution in [3.05, 3.63) is 60.8 Å². The Bertz CT molecular complexity index is 1320. The molecule has 0 radical (unpaired) electrons. The molecule has 1 saturated heterocycles. The van der Waals surface area contributed by atoms with Crippen LogP contribution in [0.1, 0.15) is 12.0 Å². The summed E-state index contributed by atoms with van der Waals surface area (Å²) in [5.41, 5.74) is -0.0416. The molecule has 200 valence electrons. The third-order valence-electron chi connectivity index (χ3n) is 5.72. The fraction of sp³-hybridized carbons (Fsp3) is 0.280. The van der Waals surface area contributed by atoms with Gasteiger partial charge in [-0.1, -0.05) is 12.6 Å². The zero-order chi connectivity index (χ0) is 27.3. The molecular weight excluding hydrogens is 501 g/mol. The Morgan fingerprint density at radius 2 is 1.97 bits per heavy atom. The number of carbonyl (C=O) groups excluding carboxylic acids is 1. The summed E-state index contributed by atoms with van der Waals surface area (Å²) in [7, 11) is 3.49. The van der Waals surface area contributed by atoms with Gasteiger partial charge in [0.1, 0.15) is 22.9 Å². The third kappa shape index (κ3) is 6.68. The van der Waals surface area contributed by atoms with Gasteiger partial charge in [-0.15, -0.1) is 0 Å². The molecule has 4 rings (SSSR count). The predicted molar refractivity (Wildman–Crippen MR) is 139 cm³/mol. The van der Waals surface area contributed by atoms with Gasteiger partial charge in [0, 0.05) is 30.2 Å². The molecule has 3 heterocycles. The summed E-state index contributed by atoms with van der Waals surface area (Å²) in [6.07, 6.45) is -1.95. The molecule has 1 fully saturated rings. The smallest absolute Gasteiger partial charge is 0.421 e. The number of anilines is 6. The number of amides is 1. The van der Waals surface area contributed by atoms with Gasteiger partial charge < -0.3 is 30.9 Å². The first kappa shape index (κ1) is 26.7. The lowest BCUT2D eigenvalue weighted by Crippen LogP contribution is -2.24. The van der Waals surface area contributed by atoms with Gasteiger partial charge in [0.25, 0.3) is 0 Å². The van der Waals surface area contributed by atoms with Crippen LogP contribution in [0.25, 0.3) is 0 Å². The second-order valence-corrected chi connectivity index (χ2v) is 8.62. The number of nitrogens with zero attached hydrogens (tertiary/aromatic N) is 4. The number of aromatic nitrogens is 3. The van der Waals surface area contributed by atoms with Crippen molar-refractivity contribution in [2.24, 2.45) is 0 Å². The van der Waals surface area contributed by atoms with E-state index in [2.05, 4.69) is 47.7 Å². The molecule has 1 aliphatic heterocycles. The van der Waals surface area contributed by atoms with E-state index in [1.165, 1.54) is 13.2 Å². The number of ether oxygens (including phenoxy) is 1. The van der Waals surface area contributed by atoms with Crippen LogP contribution in [-0.2, 0) is 11.0 Å². The maximum absolute atomic E-state index is 13.7. The number of halogens is 3. The SMILES string of the molecule is C=CC(=O)Nc1cccc(Nc2nc(Nc3ccc(NC4CCN(C)C4)nc3OC)ncc2C(F)(F)F)c1. The van der Waals surface area contributed by atoms with Gasteiger partial charge in [-0.25, -0.2) is 4.98 Å². The molecule has 2 aromatic heterocycles. The molecule has 0 spiro atoms. The molecule has 0 saturated carbocycles. The number of carbonyl (C=O) groups is 1. The second kappa shape index (κ2) is 11.3. The van der Waals surface area contributed by atoms with Crippen molar-refractivity contribution in [2.75, 3.05) is 48.5 Å². The monoisotopic (exact) mass is 528 g/mol. The lowest BCUT2D eigenvalue weighted by atomic mass is 10.2. The van der Waals surface area contributed by atoms with Crippen molar-refractivity contribution in [2.45, 2.75) is 18.6 Å². The highest BCUT2D eigenvalue weighted by molar-refractivity contribution is 5.99. The first-order valence-electron chi connectivity index (χ1n) is 11.7. The fourth-order valence-electron chi connectivity index (χ4n) is 3.90. The van der Waals surface area contributed by atoms with Crippen LogP contribution in [0.4, 0.5) is 47.8 Å². The number of methoxy groups -OCH3 is 1. The predicted octanol–water partition coefficient (Wildman–Crippen LogP) is 4.63. The van der Waals surface area contributed by atoms with Crippen molar-refractivity contribution >= 4 is 40.6 Å². The van der Waals surface area contributed by atoms with Gasteiger partial charge in [-0.05, 0) is 56.4 Å². The summed E-state index contributed by atoms with van der Waals surface area (Å²) >= 11 is 0. The number of nitrogens with one attached hydrogen (secondary N) is 4. The van der Waals surface area contributed by atoms with Gasteiger partial charge in [0.05, 0.1) is 7.11 Å². The van der Waals surface area contributed by atoms with E-state index in [1.807, 2.05) is 7.05 Å². The van der Waals surface area contributed by atoms with E-state index in [9.17, 15) is 18.0 Å². The zero-order valence-electron chi connectivity index (χ0n) is 20.8. The number of likely N-dealkylation sites (N-methyl/N-ethyl adjacent to an activating group) is 1. The number of pyridine rings is 1. The van der Waals surface area contributed by atoms with Crippen LogP contribution in [0.2, 0.25) is 0 Å². The molecule has 10 nitrogen and oxygen atoms in total. The Labute approximate surface area is 217 Å². The Balaban J connectivity index is 1.57. The topological polar surface area (TPSA) is 116 Å². The summed E-state index contributed by atoms with van der Waals surface area (Å²) in [4.78, 5) is 26.2. The van der Waals surface area contributed by atoms with E-state index in [0.29, 0.717) is 23.4 Å². The number of rotatable bonds is 9. The van der Waals surface area contributed by atoms with Gasteiger partial charge in [0.15, 0.2) is 0 Å². The molecule has 0 bridgehead atoms. The first-order valence-corrected chi connectivity index (χ1v) is 11.7. The standard InChI is InChI=1S/C25H27F3N8O2/c1-4-21(37)31-15-6-5-7-16(12-15)32-22-18(25(26,27)28)13-29-24(35-22)33-19-8-9-20(34-23(19)38-3)30-17-10-11-36(2)14-17/h4-9,12-13,17H,1,10-11,14H2,2-3H3,(H,30,34)(H,31,37)(H2,29,32,33,35). The van der Waals surface area contributed by atoms with E-state index in [1.54, 1.807) is 30.3 Å². The lowest BCUT2D eigenvalue weighted by Gasteiger charge is -2.17. The largest absolute Gasteiger partial charge is 0.479 e. The van der Waals surface area contributed by atoms with Crippen molar-refractivity contribution in [1.29, 1.82) is 0 Å². The minimum absolute atomic E-state index is 0.102. The summed E-state index contributed by atoms with van der Waals surface area (Å²) < 4.78 is 46.5. The molecule has 1 aromatic carbocycles. The summed E-state index contributed by atoms with van der Waals surface area (Å²) in [5, 5.41) is 11.5. The minimum Gasteiger partial charge on any atom is -0.479 e. The van der Waals surface area contributed by atoms with Crippen LogP contribution in [0.3, 0.4) is 0 Å². The Morgan fingerprint density at radius 3 is 2.66 bits per heavy atom. The molecule has 4 N–H and O–H groups in total. The molecule has 1 unspecified atom stereocenters. The van der Waals surface area contributed by atoms with E-state index < -0.39 is 23.5 Å². The molecule has 38 heavy (non-hydrogen) atoms. The number of hydrogen-bond acceptors (Lipinski definition) is 9. The van der Waals surface area contributed by atoms with Crippen LogP contribution >= 0.6 is 0 Å².